The first-order valence-electron chi connectivity index (χ1n) is 5.37. The molecule has 0 atom stereocenters. The van der Waals surface area contributed by atoms with Gasteiger partial charge in [0.1, 0.15) is 13.1 Å². The van der Waals surface area contributed by atoms with E-state index in [-0.39, 0.29) is 0 Å². The van der Waals surface area contributed by atoms with E-state index in [0.29, 0.717) is 0 Å². The summed E-state index contributed by atoms with van der Waals surface area (Å²) in [6, 6.07) is 6.31. The molecule has 0 spiro atoms. The largest absolute Gasteiger partial charge is 0.494 e. The number of hydrogen-bond acceptors (Lipinski definition) is 2. The van der Waals surface area contributed by atoms with Crippen LogP contribution in [0.4, 0.5) is 0 Å². The normalized spacial score (nSPS) is 15.8. The van der Waals surface area contributed by atoms with Crippen LogP contribution in [-0.4, -0.2) is 33.0 Å². The minimum Gasteiger partial charge on any atom is -0.494 e. The second-order valence-electron chi connectivity index (χ2n) is 3.73. The zero-order valence-electron chi connectivity index (χ0n) is 9.07. The average Bonchev–Trinajstić information content (AvgIpc) is 2.29. The van der Waals surface area contributed by atoms with Crippen LogP contribution in [0, 0.1) is 0 Å². The molecular formula is C11H14B2NO. The SMILES string of the molecule is [B][B]N1CCc2cc(OCC)ccc2C1. The predicted molar refractivity (Wildman–Crippen MR) is 63.2 cm³/mol. The van der Waals surface area contributed by atoms with Crippen LogP contribution in [0.1, 0.15) is 18.1 Å². The fraction of sp³-hybridized carbons (Fsp3) is 0.455. The van der Waals surface area contributed by atoms with E-state index < -0.39 is 0 Å². The van der Waals surface area contributed by atoms with Crippen LogP contribution in [-0.2, 0) is 13.0 Å². The van der Waals surface area contributed by atoms with Gasteiger partial charge >= 0.3 is 0 Å². The molecule has 2 rings (SSSR count). The standard InChI is InChI=1S/C11H14B2NO/c1-2-15-11-4-3-10-8-14(13-12)6-5-9(10)7-11/h3-4,7H,2,5-6,8H2,1H3. The van der Waals surface area contributed by atoms with Crippen LogP contribution in [0.15, 0.2) is 18.2 Å². The minimum absolute atomic E-state index is 0.724. The summed E-state index contributed by atoms with van der Waals surface area (Å²) in [7, 11) is 7.18. The summed E-state index contributed by atoms with van der Waals surface area (Å²) in [5, 5.41) is 0. The molecule has 0 saturated carbocycles. The Bertz CT molecular complexity index is 343. The molecule has 0 aromatic heterocycles. The number of rotatable bonds is 3. The van der Waals surface area contributed by atoms with E-state index in [4.69, 9.17) is 12.5 Å². The maximum Gasteiger partial charge on any atom is 0.149 e. The van der Waals surface area contributed by atoms with E-state index in [1.54, 1.807) is 7.31 Å². The molecule has 0 N–H and O–H groups in total. The first kappa shape index (κ1) is 10.6. The van der Waals surface area contributed by atoms with E-state index in [1.807, 2.05) is 13.0 Å². The van der Waals surface area contributed by atoms with Crippen LogP contribution in [0.2, 0.25) is 0 Å². The fourth-order valence-electron chi connectivity index (χ4n) is 1.93. The molecular weight excluding hydrogens is 184 g/mol. The van der Waals surface area contributed by atoms with Crippen molar-refractivity contribution in [1.82, 2.24) is 4.81 Å². The number of hydrogen-bond donors (Lipinski definition) is 0. The Kier molecular flexibility index (Phi) is 3.37. The number of benzene rings is 1. The van der Waals surface area contributed by atoms with Gasteiger partial charge in [0.2, 0.25) is 0 Å². The molecule has 1 aromatic rings. The molecule has 0 fully saturated rings. The molecule has 1 aliphatic rings. The molecule has 1 aromatic carbocycles. The van der Waals surface area contributed by atoms with Crippen molar-refractivity contribution in [3.63, 3.8) is 0 Å². The average molecular weight is 198 g/mol. The zero-order valence-corrected chi connectivity index (χ0v) is 9.07. The van der Waals surface area contributed by atoms with Gasteiger partial charge in [0, 0.05) is 14.3 Å². The van der Waals surface area contributed by atoms with Gasteiger partial charge in [-0.05, 0) is 43.1 Å². The summed E-state index contributed by atoms with van der Waals surface area (Å²) in [4.78, 5) is 2.13. The van der Waals surface area contributed by atoms with Gasteiger partial charge < -0.3 is 9.55 Å². The molecule has 2 nitrogen and oxygen atoms in total. The summed E-state index contributed by atoms with van der Waals surface area (Å²) in [6.07, 6.45) is 1.05. The molecule has 0 unspecified atom stereocenters. The molecule has 0 aliphatic carbocycles. The maximum atomic E-state index is 5.51. The monoisotopic (exact) mass is 198 g/mol. The highest BCUT2D eigenvalue weighted by atomic mass is 16.5. The van der Waals surface area contributed by atoms with Crippen molar-refractivity contribution in [2.75, 3.05) is 13.2 Å². The van der Waals surface area contributed by atoms with E-state index in [2.05, 4.69) is 16.9 Å². The first-order chi connectivity index (χ1) is 7.33. The van der Waals surface area contributed by atoms with Crippen molar-refractivity contribution in [3.8, 4) is 5.75 Å². The van der Waals surface area contributed by atoms with Crippen molar-refractivity contribution >= 4 is 15.0 Å². The molecule has 15 heavy (non-hydrogen) atoms. The van der Waals surface area contributed by atoms with E-state index in [9.17, 15) is 0 Å². The zero-order chi connectivity index (χ0) is 10.7. The molecule has 0 saturated heterocycles. The molecule has 1 aliphatic heterocycles. The van der Waals surface area contributed by atoms with Crippen molar-refractivity contribution in [2.45, 2.75) is 19.9 Å². The Morgan fingerprint density at radius 1 is 1.47 bits per heavy atom. The van der Waals surface area contributed by atoms with E-state index in [0.717, 1.165) is 31.9 Å². The highest BCUT2D eigenvalue weighted by molar-refractivity contribution is 6.87. The molecule has 75 valence electrons. The van der Waals surface area contributed by atoms with Crippen LogP contribution >= 0.6 is 0 Å². The van der Waals surface area contributed by atoms with Crippen LogP contribution in [0.25, 0.3) is 0 Å². The Hall–Kier alpha value is -0.890. The lowest BCUT2D eigenvalue weighted by atomic mass is 9.64. The third-order valence-electron chi connectivity index (χ3n) is 2.74. The molecule has 0 amide bonds. The second kappa shape index (κ2) is 4.75. The third-order valence-corrected chi connectivity index (χ3v) is 2.74. The molecule has 3 radical (unpaired) electrons. The van der Waals surface area contributed by atoms with Crippen molar-refractivity contribution in [1.29, 1.82) is 0 Å². The van der Waals surface area contributed by atoms with E-state index in [1.165, 1.54) is 11.1 Å². The van der Waals surface area contributed by atoms with Crippen LogP contribution in [0.3, 0.4) is 0 Å². The second-order valence-corrected chi connectivity index (χ2v) is 3.73. The van der Waals surface area contributed by atoms with Gasteiger partial charge in [0.15, 0.2) is 0 Å². The summed E-state index contributed by atoms with van der Waals surface area (Å²) >= 11 is 0. The topological polar surface area (TPSA) is 12.5 Å². The van der Waals surface area contributed by atoms with Crippen molar-refractivity contribution in [2.24, 2.45) is 0 Å². The lowest BCUT2D eigenvalue weighted by molar-refractivity contribution is 0.338. The Morgan fingerprint density at radius 2 is 2.33 bits per heavy atom. The number of ether oxygens (including phenoxy) is 1. The molecule has 0 bridgehead atoms. The number of nitrogens with zero attached hydrogens (tertiary/aromatic N) is 1. The maximum absolute atomic E-state index is 5.51. The van der Waals surface area contributed by atoms with Gasteiger partial charge in [0.05, 0.1) is 6.61 Å². The number of fused-ring (bicyclic) bond motifs is 1. The van der Waals surface area contributed by atoms with Gasteiger partial charge in [-0.1, -0.05) is 6.07 Å². The summed E-state index contributed by atoms with van der Waals surface area (Å²) in [6.45, 7) is 4.64. The van der Waals surface area contributed by atoms with E-state index >= 15 is 0 Å². The third kappa shape index (κ3) is 2.37. The smallest absolute Gasteiger partial charge is 0.149 e. The minimum atomic E-state index is 0.724. The lowest BCUT2D eigenvalue weighted by Crippen LogP contribution is -2.33. The summed E-state index contributed by atoms with van der Waals surface area (Å²) in [5.74, 6) is 0.974. The predicted octanol–water partition coefficient (Wildman–Crippen LogP) is 1.15. The van der Waals surface area contributed by atoms with Crippen LogP contribution in [0.5, 0.6) is 5.75 Å². The van der Waals surface area contributed by atoms with Gasteiger partial charge in [-0.15, -0.1) is 0 Å². The highest BCUT2D eigenvalue weighted by Crippen LogP contribution is 2.23. The molecule has 4 heteroatoms. The first-order valence-corrected chi connectivity index (χ1v) is 5.37. The van der Waals surface area contributed by atoms with Crippen molar-refractivity contribution in [3.05, 3.63) is 29.3 Å². The Morgan fingerprint density at radius 3 is 3.07 bits per heavy atom. The van der Waals surface area contributed by atoms with Crippen molar-refractivity contribution < 1.29 is 4.74 Å². The van der Waals surface area contributed by atoms with Gasteiger partial charge in [-0.3, -0.25) is 0 Å². The Balaban J connectivity index is 2.17. The van der Waals surface area contributed by atoms with Gasteiger partial charge in [-0.2, -0.15) is 0 Å². The molecule has 1 heterocycles. The lowest BCUT2D eigenvalue weighted by Gasteiger charge is -2.28. The fourth-order valence-corrected chi connectivity index (χ4v) is 1.93. The van der Waals surface area contributed by atoms with Gasteiger partial charge in [-0.25, -0.2) is 0 Å². The highest BCUT2D eigenvalue weighted by Gasteiger charge is 2.14. The van der Waals surface area contributed by atoms with Gasteiger partial charge in [0.25, 0.3) is 0 Å². The summed E-state index contributed by atoms with van der Waals surface area (Å²) < 4.78 is 5.48. The van der Waals surface area contributed by atoms with Crippen LogP contribution < -0.4 is 4.74 Å². The quantitative estimate of drug-likeness (QED) is 0.675. The Labute approximate surface area is 93.3 Å². The summed E-state index contributed by atoms with van der Waals surface area (Å²) in [5.41, 5.74) is 2.74.